The molecule has 0 saturated heterocycles. The maximum absolute atomic E-state index is 7.95. The first-order chi connectivity index (χ1) is 28.3. The summed E-state index contributed by atoms with van der Waals surface area (Å²) >= 11 is 0. The minimum Gasteiger partial charge on any atom is -0.310 e. The fourth-order valence-corrected chi connectivity index (χ4v) is 7.52. The van der Waals surface area contributed by atoms with Gasteiger partial charge in [-0.25, -0.2) is 0 Å². The quantitative estimate of drug-likeness (QED) is 0.165. The summed E-state index contributed by atoms with van der Waals surface area (Å²) in [6, 6.07) is 58.9. The molecule has 8 aromatic carbocycles. The minimum atomic E-state index is -2.20. The van der Waals surface area contributed by atoms with Crippen LogP contribution in [0.4, 0.5) is 34.1 Å². The van der Waals surface area contributed by atoms with Gasteiger partial charge in [-0.05, 0) is 147 Å². The largest absolute Gasteiger partial charge is 0.310 e. The van der Waals surface area contributed by atoms with Crippen LogP contribution in [0.5, 0.6) is 0 Å². The van der Waals surface area contributed by atoms with Crippen molar-refractivity contribution in [1.29, 1.82) is 0 Å². The van der Waals surface area contributed by atoms with Gasteiger partial charge in [0.2, 0.25) is 0 Å². The van der Waals surface area contributed by atoms with Crippen LogP contribution >= 0.6 is 0 Å². The molecule has 0 spiro atoms. The SMILES string of the molecule is [2H]C([2H])([2H])c1ccc(N(c2cccc(C)c2)c2ccc3cc4c5ccc(N(c6ccc(C([2H])([2H])[2H])cc6)c6cccc(C)c6)cc5n(-c5ccccc5)c4cc3c2)cc1. The summed E-state index contributed by atoms with van der Waals surface area (Å²) in [5.41, 5.74) is 11.5. The maximum Gasteiger partial charge on any atom is 0.0561 e. The molecule has 3 nitrogen and oxygen atoms in total. The zero-order valence-corrected chi connectivity index (χ0v) is 29.6. The summed E-state index contributed by atoms with van der Waals surface area (Å²) in [6.07, 6.45) is 0. The van der Waals surface area contributed by atoms with Crippen LogP contribution in [-0.4, -0.2) is 4.57 Å². The lowest BCUT2D eigenvalue weighted by atomic mass is 10.0. The topological polar surface area (TPSA) is 11.4 Å². The summed E-state index contributed by atoms with van der Waals surface area (Å²) in [4.78, 5) is 4.35. The van der Waals surface area contributed by atoms with Crippen molar-refractivity contribution < 1.29 is 8.22 Å². The van der Waals surface area contributed by atoms with Crippen molar-refractivity contribution in [3.8, 4) is 5.69 Å². The zero-order valence-electron chi connectivity index (χ0n) is 35.6. The summed E-state index contributed by atoms with van der Waals surface area (Å²) < 4.78 is 49.9. The van der Waals surface area contributed by atoms with Crippen molar-refractivity contribution >= 4 is 66.7 Å². The van der Waals surface area contributed by atoms with E-state index in [0.29, 0.717) is 11.1 Å². The van der Waals surface area contributed by atoms with Gasteiger partial charge in [-0.15, -0.1) is 0 Å². The second-order valence-corrected chi connectivity index (χ2v) is 13.7. The fraction of sp³-hybridized carbons (Fsp3) is 0.0800. The van der Waals surface area contributed by atoms with Crippen LogP contribution in [0, 0.1) is 27.6 Å². The molecule has 0 saturated carbocycles. The highest BCUT2D eigenvalue weighted by Crippen LogP contribution is 2.42. The number of aryl methyl sites for hydroxylation is 4. The van der Waals surface area contributed by atoms with Crippen molar-refractivity contribution in [2.24, 2.45) is 0 Å². The fourth-order valence-electron chi connectivity index (χ4n) is 7.52. The van der Waals surface area contributed by atoms with Crippen LogP contribution in [0.1, 0.15) is 30.5 Å². The first-order valence-electron chi connectivity index (χ1n) is 20.8. The van der Waals surface area contributed by atoms with E-state index in [4.69, 9.17) is 8.22 Å². The van der Waals surface area contributed by atoms with Gasteiger partial charge in [-0.1, -0.05) is 90.0 Å². The third-order valence-electron chi connectivity index (χ3n) is 9.99. The Balaban J connectivity index is 1.24. The predicted molar refractivity (Wildman–Crippen MR) is 227 cm³/mol. The number of aromatic nitrogens is 1. The van der Waals surface area contributed by atoms with Crippen LogP contribution in [0.2, 0.25) is 0 Å². The maximum atomic E-state index is 7.95. The Labute approximate surface area is 320 Å². The first-order valence-corrected chi connectivity index (χ1v) is 17.8. The number of benzene rings is 8. The number of para-hydroxylation sites is 1. The van der Waals surface area contributed by atoms with Crippen LogP contribution in [0.25, 0.3) is 38.3 Å². The van der Waals surface area contributed by atoms with Gasteiger partial charge in [0.05, 0.1) is 11.0 Å². The number of anilines is 6. The molecule has 0 unspecified atom stereocenters. The highest BCUT2D eigenvalue weighted by atomic mass is 15.1. The van der Waals surface area contributed by atoms with E-state index in [-0.39, 0.29) is 0 Å². The van der Waals surface area contributed by atoms with E-state index >= 15 is 0 Å². The van der Waals surface area contributed by atoms with Gasteiger partial charge in [-0.3, -0.25) is 0 Å². The normalized spacial score (nSPS) is 13.5. The molecular formula is C50H41N3. The molecule has 0 aliphatic rings. The van der Waals surface area contributed by atoms with Gasteiger partial charge in [0.1, 0.15) is 0 Å². The van der Waals surface area contributed by atoms with E-state index in [2.05, 4.69) is 137 Å². The molecule has 0 radical (unpaired) electrons. The molecule has 0 atom stereocenters. The Morgan fingerprint density at radius 3 is 1.49 bits per heavy atom. The van der Waals surface area contributed by atoms with Crippen molar-refractivity contribution in [1.82, 2.24) is 4.57 Å². The molecule has 9 aromatic rings. The van der Waals surface area contributed by atoms with Crippen molar-refractivity contribution in [3.05, 3.63) is 198 Å². The lowest BCUT2D eigenvalue weighted by Gasteiger charge is -2.26. The van der Waals surface area contributed by atoms with Crippen LogP contribution in [0.15, 0.2) is 176 Å². The zero-order chi connectivity index (χ0) is 41.1. The molecule has 53 heavy (non-hydrogen) atoms. The number of hydrogen-bond acceptors (Lipinski definition) is 2. The molecule has 9 rings (SSSR count). The van der Waals surface area contributed by atoms with Crippen LogP contribution in [-0.2, 0) is 0 Å². The minimum absolute atomic E-state index is 0.300. The number of nitrogens with zero attached hydrogens (tertiary/aromatic N) is 3. The molecule has 0 aliphatic heterocycles. The molecule has 0 bridgehead atoms. The smallest absolute Gasteiger partial charge is 0.0561 e. The van der Waals surface area contributed by atoms with Gasteiger partial charge in [-0.2, -0.15) is 0 Å². The van der Waals surface area contributed by atoms with Gasteiger partial charge in [0.15, 0.2) is 0 Å². The van der Waals surface area contributed by atoms with E-state index in [1.807, 2.05) is 42.5 Å². The summed E-state index contributed by atoms with van der Waals surface area (Å²) in [6.45, 7) is -0.244. The molecule has 0 fully saturated rings. The van der Waals surface area contributed by atoms with Gasteiger partial charge in [0, 0.05) is 58.8 Å². The van der Waals surface area contributed by atoms with Crippen molar-refractivity contribution in [3.63, 3.8) is 0 Å². The molecule has 0 aliphatic carbocycles. The standard InChI is InChI=1S/C50H41N3/c1-34-16-21-41(22-17-34)51(43-14-8-10-36(3)28-43)45-25-20-38-31-48-47-27-26-46(52(42-23-18-35(2)19-24-42)44-15-9-11-37(4)29-44)33-50(47)53(40-12-6-5-7-13-40)49(48)32-39(38)30-45/h5-33H,1-4H3/i1D3,2D3. The Hall–Kier alpha value is -6.58. The summed E-state index contributed by atoms with van der Waals surface area (Å²) in [5, 5.41) is 4.38. The predicted octanol–water partition coefficient (Wildman–Crippen LogP) is 14.1. The van der Waals surface area contributed by atoms with Gasteiger partial charge in [0.25, 0.3) is 0 Å². The lowest BCUT2D eigenvalue weighted by molar-refractivity contribution is 1.18. The Morgan fingerprint density at radius 2 is 0.906 bits per heavy atom. The second kappa shape index (κ2) is 13.2. The monoisotopic (exact) mass is 689 g/mol. The lowest BCUT2D eigenvalue weighted by Crippen LogP contribution is -2.10. The highest BCUT2D eigenvalue weighted by Gasteiger charge is 2.19. The molecule has 1 heterocycles. The van der Waals surface area contributed by atoms with Gasteiger partial charge < -0.3 is 14.4 Å². The second-order valence-electron chi connectivity index (χ2n) is 13.7. The highest BCUT2D eigenvalue weighted by molar-refractivity contribution is 6.14. The summed E-state index contributed by atoms with van der Waals surface area (Å²) in [5.74, 6) is 0. The number of hydrogen-bond donors (Lipinski definition) is 0. The first kappa shape index (κ1) is 26.2. The van der Waals surface area contributed by atoms with Crippen LogP contribution in [0.3, 0.4) is 0 Å². The molecule has 3 heteroatoms. The van der Waals surface area contributed by atoms with E-state index < -0.39 is 13.7 Å². The molecule has 1 aromatic heterocycles. The van der Waals surface area contributed by atoms with E-state index in [9.17, 15) is 0 Å². The number of rotatable bonds is 7. The van der Waals surface area contributed by atoms with Crippen molar-refractivity contribution in [2.75, 3.05) is 9.80 Å². The Kier molecular flexibility index (Phi) is 6.53. The van der Waals surface area contributed by atoms with E-state index in [1.165, 1.54) is 0 Å². The average Bonchev–Trinajstić information content (AvgIpc) is 3.52. The third kappa shape index (κ3) is 6.00. The molecule has 256 valence electrons. The Morgan fingerprint density at radius 1 is 0.377 bits per heavy atom. The van der Waals surface area contributed by atoms with E-state index in [1.54, 1.807) is 24.3 Å². The Bertz CT molecular complexity index is 2980. The third-order valence-corrected chi connectivity index (χ3v) is 9.99. The molecular weight excluding hydrogens is 643 g/mol. The summed E-state index contributed by atoms with van der Waals surface area (Å²) in [7, 11) is 0. The number of fused-ring (bicyclic) bond motifs is 4. The van der Waals surface area contributed by atoms with E-state index in [0.717, 1.165) is 83.5 Å². The average molecular weight is 690 g/mol. The molecule has 0 N–H and O–H groups in total. The van der Waals surface area contributed by atoms with Crippen LogP contribution < -0.4 is 9.80 Å². The molecule has 0 amide bonds. The van der Waals surface area contributed by atoms with Crippen molar-refractivity contribution in [2.45, 2.75) is 27.6 Å². The van der Waals surface area contributed by atoms with Gasteiger partial charge >= 0.3 is 0 Å².